The highest BCUT2D eigenvalue weighted by molar-refractivity contribution is 6.02. The predicted molar refractivity (Wildman–Crippen MR) is 105 cm³/mol. The summed E-state index contributed by atoms with van der Waals surface area (Å²) in [6.45, 7) is 6.09. The molecule has 1 saturated heterocycles. The first-order chi connectivity index (χ1) is 13.1. The van der Waals surface area contributed by atoms with Crippen LogP contribution in [-0.4, -0.2) is 36.7 Å². The first kappa shape index (κ1) is 17.9. The molecule has 1 fully saturated rings. The lowest BCUT2D eigenvalue weighted by Crippen LogP contribution is -2.55. The molecule has 0 aliphatic carbocycles. The maximum atomic E-state index is 13.0. The third-order valence-corrected chi connectivity index (χ3v) is 5.51. The highest BCUT2D eigenvalue weighted by Gasteiger charge is 2.41. The molecule has 1 N–H and O–H groups in total. The van der Waals surface area contributed by atoms with E-state index in [1.807, 2.05) is 67.3 Å². The van der Waals surface area contributed by atoms with Crippen molar-refractivity contribution >= 4 is 11.6 Å². The number of carbonyl (C=O) groups is 1. The van der Waals surface area contributed by atoms with Crippen molar-refractivity contribution in [1.82, 2.24) is 4.90 Å². The number of hydrogen-bond donors (Lipinski definition) is 1. The molecule has 2 unspecified atom stereocenters. The predicted octanol–water partition coefficient (Wildman–Crippen LogP) is 4.00. The average molecular weight is 366 g/mol. The van der Waals surface area contributed by atoms with E-state index in [1.165, 1.54) is 0 Å². The van der Waals surface area contributed by atoms with Crippen LogP contribution >= 0.6 is 0 Å². The van der Waals surface area contributed by atoms with Crippen LogP contribution in [0.25, 0.3) is 0 Å². The van der Waals surface area contributed by atoms with Gasteiger partial charge in [0.15, 0.2) is 0 Å². The van der Waals surface area contributed by atoms with E-state index in [2.05, 4.69) is 5.32 Å². The van der Waals surface area contributed by atoms with E-state index in [1.54, 1.807) is 0 Å². The summed E-state index contributed by atoms with van der Waals surface area (Å²) in [5.74, 6) is 0.872. The van der Waals surface area contributed by atoms with Crippen molar-refractivity contribution in [2.75, 3.05) is 25.1 Å². The third kappa shape index (κ3) is 3.28. The molecule has 2 aliphatic rings. The Morgan fingerprint density at radius 1 is 1.22 bits per heavy atom. The van der Waals surface area contributed by atoms with Crippen molar-refractivity contribution in [3.05, 3.63) is 59.7 Å². The van der Waals surface area contributed by atoms with Crippen molar-refractivity contribution in [3.8, 4) is 5.75 Å². The first-order valence-corrected chi connectivity index (χ1v) is 9.66. The molecule has 0 radical (unpaired) electrons. The fourth-order valence-electron chi connectivity index (χ4n) is 3.99. The summed E-state index contributed by atoms with van der Waals surface area (Å²) in [5.41, 5.74) is 2.01. The van der Waals surface area contributed by atoms with Crippen molar-refractivity contribution in [2.45, 2.75) is 38.5 Å². The van der Waals surface area contributed by atoms with Crippen molar-refractivity contribution in [2.24, 2.45) is 0 Å². The fraction of sp³-hybridized carbons (Fsp3) is 0.409. The van der Waals surface area contributed by atoms with Gasteiger partial charge in [-0.25, -0.2) is 0 Å². The second-order valence-corrected chi connectivity index (χ2v) is 7.26. The Labute approximate surface area is 160 Å². The Kier molecular flexibility index (Phi) is 4.79. The summed E-state index contributed by atoms with van der Waals surface area (Å²) < 4.78 is 11.5. The van der Waals surface area contributed by atoms with E-state index >= 15 is 0 Å². The molecular formula is C22H26N2O3. The minimum atomic E-state index is -0.604. The lowest BCUT2D eigenvalue weighted by Gasteiger charge is -2.46. The quantitative estimate of drug-likeness (QED) is 0.869. The van der Waals surface area contributed by atoms with Gasteiger partial charge in [0, 0.05) is 18.8 Å². The van der Waals surface area contributed by atoms with Crippen LogP contribution in [0.4, 0.5) is 5.69 Å². The van der Waals surface area contributed by atoms with Crippen LogP contribution in [0.5, 0.6) is 5.75 Å². The van der Waals surface area contributed by atoms with Crippen LogP contribution in [0.1, 0.15) is 42.6 Å². The molecule has 0 aromatic heterocycles. The molecule has 1 amide bonds. The van der Waals surface area contributed by atoms with Gasteiger partial charge in [0.2, 0.25) is 0 Å². The average Bonchev–Trinajstić information content (AvgIpc) is 3.21. The van der Waals surface area contributed by atoms with E-state index < -0.39 is 5.66 Å². The van der Waals surface area contributed by atoms with Gasteiger partial charge in [0.1, 0.15) is 18.0 Å². The molecule has 142 valence electrons. The van der Waals surface area contributed by atoms with Crippen LogP contribution in [0.15, 0.2) is 48.5 Å². The van der Waals surface area contributed by atoms with E-state index in [0.29, 0.717) is 18.7 Å². The lowest BCUT2D eigenvalue weighted by molar-refractivity contribution is 0.0552. The molecule has 2 heterocycles. The Bertz CT molecular complexity index is 815. The summed E-state index contributed by atoms with van der Waals surface area (Å²) in [4.78, 5) is 14.9. The van der Waals surface area contributed by atoms with Gasteiger partial charge < -0.3 is 19.7 Å². The molecule has 2 atom stereocenters. The number of hydrogen-bond acceptors (Lipinski definition) is 4. The zero-order valence-corrected chi connectivity index (χ0v) is 15.9. The summed E-state index contributed by atoms with van der Waals surface area (Å²) in [7, 11) is 0. The zero-order chi connectivity index (χ0) is 18.9. The van der Waals surface area contributed by atoms with Crippen molar-refractivity contribution in [1.29, 1.82) is 0 Å². The normalized spacial score (nSPS) is 24.4. The van der Waals surface area contributed by atoms with Crippen molar-refractivity contribution in [3.63, 3.8) is 0 Å². The molecule has 2 aliphatic heterocycles. The number of carbonyl (C=O) groups excluding carboxylic acids is 1. The van der Waals surface area contributed by atoms with Gasteiger partial charge in [-0.3, -0.25) is 4.79 Å². The molecule has 0 spiro atoms. The third-order valence-electron chi connectivity index (χ3n) is 5.51. The minimum absolute atomic E-state index is 0.0491. The van der Waals surface area contributed by atoms with Crippen LogP contribution < -0.4 is 10.1 Å². The van der Waals surface area contributed by atoms with E-state index in [-0.39, 0.29) is 12.0 Å². The van der Waals surface area contributed by atoms with Gasteiger partial charge in [-0.2, -0.15) is 0 Å². The van der Waals surface area contributed by atoms with E-state index in [4.69, 9.17) is 9.47 Å². The molecule has 2 aromatic carbocycles. The topological polar surface area (TPSA) is 50.8 Å². The Balaban J connectivity index is 1.56. The molecule has 2 aromatic rings. The largest absolute Gasteiger partial charge is 0.491 e. The number of nitrogens with one attached hydrogen (secondary N) is 1. The summed E-state index contributed by atoms with van der Waals surface area (Å²) >= 11 is 0. The molecule has 4 rings (SSSR count). The van der Waals surface area contributed by atoms with Crippen LogP contribution in [-0.2, 0) is 10.4 Å². The molecule has 5 heteroatoms. The van der Waals surface area contributed by atoms with E-state index in [9.17, 15) is 4.79 Å². The summed E-state index contributed by atoms with van der Waals surface area (Å²) in [6.07, 6.45) is 2.37. The van der Waals surface area contributed by atoms with Gasteiger partial charge in [0.25, 0.3) is 5.91 Å². The number of para-hydroxylation sites is 1. The monoisotopic (exact) mass is 366 g/mol. The van der Waals surface area contributed by atoms with Gasteiger partial charge in [-0.05, 0) is 56.5 Å². The Morgan fingerprint density at radius 2 is 2.00 bits per heavy atom. The Hall–Kier alpha value is -2.53. The highest BCUT2D eigenvalue weighted by Crippen LogP contribution is 2.38. The van der Waals surface area contributed by atoms with Gasteiger partial charge in [-0.1, -0.05) is 24.3 Å². The van der Waals surface area contributed by atoms with Crippen LogP contribution in [0.3, 0.4) is 0 Å². The molecule has 0 bridgehead atoms. The number of fused-ring (bicyclic) bond motifs is 1. The Morgan fingerprint density at radius 3 is 2.70 bits per heavy atom. The zero-order valence-electron chi connectivity index (χ0n) is 15.9. The summed E-state index contributed by atoms with van der Waals surface area (Å²) in [5, 5.41) is 3.56. The second-order valence-electron chi connectivity index (χ2n) is 7.26. The molecule has 5 nitrogen and oxygen atoms in total. The number of anilines is 1. The maximum Gasteiger partial charge on any atom is 0.258 e. The summed E-state index contributed by atoms with van der Waals surface area (Å²) in [6, 6.07) is 15.7. The highest BCUT2D eigenvalue weighted by atomic mass is 16.5. The van der Waals surface area contributed by atoms with Crippen LogP contribution in [0.2, 0.25) is 0 Å². The minimum Gasteiger partial charge on any atom is -0.491 e. The van der Waals surface area contributed by atoms with Crippen LogP contribution in [0, 0.1) is 0 Å². The van der Waals surface area contributed by atoms with Crippen molar-refractivity contribution < 1.29 is 14.3 Å². The SMILES string of the molecule is CCN1C(=O)c2ccccc2NC1(C)c1ccc(OCC2CCCO2)cc1. The second kappa shape index (κ2) is 7.24. The molecule has 0 saturated carbocycles. The fourth-order valence-corrected chi connectivity index (χ4v) is 3.99. The molecular weight excluding hydrogens is 340 g/mol. The lowest BCUT2D eigenvalue weighted by atomic mass is 9.93. The number of benzene rings is 2. The number of amides is 1. The number of nitrogens with zero attached hydrogens (tertiary/aromatic N) is 1. The van der Waals surface area contributed by atoms with E-state index in [0.717, 1.165) is 36.4 Å². The maximum absolute atomic E-state index is 13.0. The smallest absolute Gasteiger partial charge is 0.258 e. The van der Waals surface area contributed by atoms with Gasteiger partial charge in [-0.15, -0.1) is 0 Å². The number of ether oxygens (including phenoxy) is 2. The van der Waals surface area contributed by atoms with Gasteiger partial charge in [0.05, 0.1) is 11.7 Å². The van der Waals surface area contributed by atoms with Gasteiger partial charge >= 0.3 is 0 Å². The first-order valence-electron chi connectivity index (χ1n) is 9.66. The number of rotatable bonds is 5. The standard InChI is InChI=1S/C22H26N2O3/c1-3-24-21(25)19-8-4-5-9-20(19)23-22(24,2)16-10-12-17(13-11-16)27-15-18-7-6-14-26-18/h4-5,8-13,18,23H,3,6-7,14-15H2,1-2H3. The molecule has 27 heavy (non-hydrogen) atoms.